The molecule has 7 fully saturated rings. The van der Waals surface area contributed by atoms with Gasteiger partial charge in [-0.25, -0.2) is 0 Å². The molecule has 0 amide bonds. The van der Waals surface area contributed by atoms with E-state index >= 15 is 4.79 Å². The van der Waals surface area contributed by atoms with E-state index < -0.39 is 153 Å². The Hall–Kier alpha value is -7.26. The maximum Gasteiger partial charge on any atom is 0.310 e. The number of carbonyl (C=O) groups is 1. The average Bonchev–Trinajstić information content (AvgIpc) is 1.16. The van der Waals surface area contributed by atoms with E-state index in [2.05, 4.69) is 6.07 Å². The molecule has 22 heteroatoms. The number of esters is 1. The molecular weight excluding hydrogens is 1360 g/mol. The molecule has 0 radical (unpaired) electrons. The van der Waals surface area contributed by atoms with Crippen molar-refractivity contribution in [2.75, 3.05) is 20.3 Å². The number of nitrogens with zero attached hydrogens (tertiary/aromatic N) is 1. The number of hydrogen-bond donors (Lipinski definition) is 0. The molecule has 0 saturated carbocycles. The fraction of sp³-hybridized carbons (Fsp3) is 0.476. The summed E-state index contributed by atoms with van der Waals surface area (Å²) in [5.74, 6) is -2.91. The number of carbonyl (C=O) groups excluding carboxylic acids is 1. The lowest BCUT2D eigenvalue weighted by Crippen LogP contribution is -2.70. The molecule has 106 heavy (non-hydrogen) atoms. The number of methoxy groups -OCH3 is 1. The van der Waals surface area contributed by atoms with Crippen LogP contribution in [0, 0.1) is 11.3 Å². The van der Waals surface area contributed by atoms with E-state index in [1.54, 1.807) is 31.4 Å². The molecule has 7 aromatic carbocycles. The van der Waals surface area contributed by atoms with Crippen molar-refractivity contribution in [1.82, 2.24) is 0 Å². The van der Waals surface area contributed by atoms with Crippen LogP contribution >= 0.6 is 0 Å². The molecule has 0 aliphatic carbocycles. The number of rotatable bonds is 29. The van der Waals surface area contributed by atoms with Crippen molar-refractivity contribution in [3.05, 3.63) is 251 Å². The van der Waals surface area contributed by atoms with E-state index in [0.717, 1.165) is 33.4 Å². The molecule has 7 aliphatic rings. The van der Waals surface area contributed by atoms with Crippen molar-refractivity contribution in [2.24, 2.45) is 0 Å². The molecule has 0 spiro atoms. The Morgan fingerprint density at radius 3 is 1.44 bits per heavy atom. The monoisotopic (exact) mass is 1450 g/mol. The summed E-state index contributed by atoms with van der Waals surface area (Å²) in [5.41, 5.74) is 5.91. The summed E-state index contributed by atoms with van der Waals surface area (Å²) in [6.45, 7) is 12.0. The van der Waals surface area contributed by atoms with Crippen molar-refractivity contribution < 1.29 is 99.5 Å². The Morgan fingerprint density at radius 1 is 0.415 bits per heavy atom. The van der Waals surface area contributed by atoms with Crippen LogP contribution in [0.5, 0.6) is 0 Å². The van der Waals surface area contributed by atoms with Crippen LogP contribution < -0.4 is 0 Å². The van der Waals surface area contributed by atoms with Crippen molar-refractivity contribution in [2.45, 2.75) is 234 Å². The standard InChI is InChI=1S/C84H95NO21/c1-52-65(90-48-56-32-18-10-19-33-56)72-77(106-83(3,4)103-72)82(94-52)102-71-69-68(63(51-89-47-55-30-16-9-17-31-55)96-78(100-69)59-38-24-13-25-39-59)99-81(75(71)92-50-58-36-22-12-23-37-58)101-70-67(97-64(86)44-60-40-26-27-41-61(60)45-85)62(42-43-88-46-54-28-14-8-15-29-54)95-80(74(70)91-49-57-34-20-11-21-35-57)98-66-53(2)93-79(87-7)76-73(66)104-84(5,6)105-76/h8-41,52-53,62-63,65-82H,42-44,46-51H2,1-7H3/t52-,53-,62+,63+,65-,66-,67+,68+,69+,70-,71-,72+,73+,74-,75-,76+,77+,78+,79+,80-,81-,82-/m0/s1. The van der Waals surface area contributed by atoms with Gasteiger partial charge in [-0.3, -0.25) is 4.79 Å². The van der Waals surface area contributed by atoms with E-state index in [4.69, 9.17) is 94.7 Å². The summed E-state index contributed by atoms with van der Waals surface area (Å²) in [6, 6.07) is 67.7. The summed E-state index contributed by atoms with van der Waals surface area (Å²) in [7, 11) is 1.56. The molecule has 14 rings (SSSR count). The van der Waals surface area contributed by atoms with Gasteiger partial charge in [-0.2, -0.15) is 5.26 Å². The fourth-order valence-electron chi connectivity index (χ4n) is 15.0. The average molecular weight is 1450 g/mol. The normalized spacial score (nSPS) is 33.0. The molecule has 22 atom stereocenters. The van der Waals surface area contributed by atoms with Gasteiger partial charge < -0.3 is 94.7 Å². The zero-order valence-electron chi connectivity index (χ0n) is 60.7. The van der Waals surface area contributed by atoms with Crippen molar-refractivity contribution in [3.63, 3.8) is 0 Å². The van der Waals surface area contributed by atoms with Crippen LogP contribution in [0.1, 0.15) is 98.8 Å². The van der Waals surface area contributed by atoms with Crippen LogP contribution in [0.15, 0.2) is 206 Å². The molecule has 7 aromatic rings. The highest BCUT2D eigenvalue weighted by atomic mass is 16.8. The number of benzene rings is 7. The maximum absolute atomic E-state index is 15.3. The summed E-state index contributed by atoms with van der Waals surface area (Å²) in [4.78, 5) is 15.3. The Labute approximate surface area is 619 Å². The van der Waals surface area contributed by atoms with E-state index in [1.807, 2.05) is 224 Å². The first-order valence-electron chi connectivity index (χ1n) is 36.7. The van der Waals surface area contributed by atoms with Gasteiger partial charge in [0.05, 0.1) is 69.9 Å². The second-order valence-corrected chi connectivity index (χ2v) is 28.6. The van der Waals surface area contributed by atoms with Gasteiger partial charge in [-0.1, -0.05) is 200 Å². The van der Waals surface area contributed by atoms with Gasteiger partial charge in [0.2, 0.25) is 0 Å². The van der Waals surface area contributed by atoms with Gasteiger partial charge in [-0.05, 0) is 81.0 Å². The number of fused-ring (bicyclic) bond motifs is 3. The van der Waals surface area contributed by atoms with Gasteiger partial charge in [0.15, 0.2) is 49.1 Å². The summed E-state index contributed by atoms with van der Waals surface area (Å²) >= 11 is 0. The SMILES string of the molecule is CO[C@@H]1O[C@@H](C)[C@H](O[C@@H]2O[C@H](CCOCc3ccccc3)[C@@H](OC(=O)Cc3ccccc3C#N)[C@H](O[C@@H]3O[C@H]4[C@@H](O[C@H](c5ccccc5)O[C@@H]4COCc4ccccc4)[C@H](O[C@@H]4O[C@@H](C)[C@H](OCc5ccccc5)[C@H]5OC(C)(C)O[C@@H]45)[C@@H]3OCc3ccccc3)[C@@H]2OCc2ccccc2)[C@H]2OC(C)(C)O[C@@H]12. The van der Waals surface area contributed by atoms with Gasteiger partial charge in [0.1, 0.15) is 85.5 Å². The van der Waals surface area contributed by atoms with Crippen LogP contribution in [0.3, 0.4) is 0 Å². The molecule has 0 bridgehead atoms. The van der Waals surface area contributed by atoms with Gasteiger partial charge >= 0.3 is 5.97 Å². The second kappa shape index (κ2) is 35.0. The van der Waals surface area contributed by atoms with E-state index in [0.29, 0.717) is 11.1 Å². The zero-order valence-corrected chi connectivity index (χ0v) is 60.7. The van der Waals surface area contributed by atoms with Crippen molar-refractivity contribution in [1.29, 1.82) is 5.26 Å². The van der Waals surface area contributed by atoms with Crippen LogP contribution in [-0.4, -0.2) is 167 Å². The largest absolute Gasteiger partial charge is 0.456 e. The third-order valence-electron chi connectivity index (χ3n) is 20.0. The van der Waals surface area contributed by atoms with Gasteiger partial charge in [-0.15, -0.1) is 0 Å². The van der Waals surface area contributed by atoms with Gasteiger partial charge in [0, 0.05) is 25.7 Å². The fourth-order valence-corrected chi connectivity index (χ4v) is 15.0. The Balaban J connectivity index is 0.909. The van der Waals surface area contributed by atoms with Crippen LogP contribution in [0.4, 0.5) is 0 Å². The number of ether oxygens (including phenoxy) is 20. The first kappa shape index (κ1) is 75.5. The minimum Gasteiger partial charge on any atom is -0.456 e. The molecule has 0 aromatic heterocycles. The Morgan fingerprint density at radius 2 is 0.868 bits per heavy atom. The van der Waals surface area contributed by atoms with Crippen molar-refractivity contribution in [3.8, 4) is 6.07 Å². The highest BCUT2D eigenvalue weighted by Gasteiger charge is 2.63. The molecule has 0 unspecified atom stereocenters. The summed E-state index contributed by atoms with van der Waals surface area (Å²) < 4.78 is 141. The first-order chi connectivity index (χ1) is 51.6. The molecule has 562 valence electrons. The second-order valence-electron chi connectivity index (χ2n) is 28.6. The Bertz CT molecular complexity index is 3920. The topological polar surface area (TPSA) is 225 Å². The summed E-state index contributed by atoms with van der Waals surface area (Å²) in [6.07, 6.45) is -22.8. The smallest absolute Gasteiger partial charge is 0.310 e. The quantitative estimate of drug-likeness (QED) is 0.0314. The van der Waals surface area contributed by atoms with Gasteiger partial charge in [0.25, 0.3) is 0 Å². The minimum absolute atomic E-state index is 0.00121. The maximum atomic E-state index is 15.3. The third-order valence-corrected chi connectivity index (χ3v) is 20.0. The van der Waals surface area contributed by atoms with E-state index in [1.165, 1.54) is 0 Å². The predicted octanol–water partition coefficient (Wildman–Crippen LogP) is 11.9. The lowest BCUT2D eigenvalue weighted by atomic mass is 9.91. The molecule has 22 nitrogen and oxygen atoms in total. The molecule has 7 aliphatic heterocycles. The molecule has 7 saturated heterocycles. The van der Waals surface area contributed by atoms with Crippen LogP contribution in [0.2, 0.25) is 0 Å². The minimum atomic E-state index is -1.53. The molecule has 0 N–H and O–H groups in total. The lowest BCUT2D eigenvalue weighted by molar-refractivity contribution is -0.422. The first-order valence-corrected chi connectivity index (χ1v) is 36.7. The highest BCUT2D eigenvalue weighted by Crippen LogP contribution is 2.47. The van der Waals surface area contributed by atoms with Crippen molar-refractivity contribution >= 4 is 5.97 Å². The highest BCUT2D eigenvalue weighted by molar-refractivity contribution is 5.74. The third kappa shape index (κ3) is 18.4. The van der Waals surface area contributed by atoms with E-state index in [9.17, 15) is 5.26 Å². The number of nitriles is 1. The predicted molar refractivity (Wildman–Crippen MR) is 381 cm³/mol. The lowest BCUT2D eigenvalue weighted by Gasteiger charge is -2.54. The number of hydrogen-bond acceptors (Lipinski definition) is 22. The zero-order chi connectivity index (χ0) is 73.2. The molecular formula is C84H95NO21. The Kier molecular flexibility index (Phi) is 24.9. The summed E-state index contributed by atoms with van der Waals surface area (Å²) in [5, 5.41) is 10.4. The van der Waals surface area contributed by atoms with Crippen LogP contribution in [0.25, 0.3) is 0 Å². The molecule has 7 heterocycles. The van der Waals surface area contributed by atoms with E-state index in [-0.39, 0.29) is 59.1 Å². The van der Waals surface area contributed by atoms with Crippen LogP contribution in [-0.2, 0) is 139 Å².